The molecule has 0 saturated carbocycles. The van der Waals surface area contributed by atoms with Crippen LogP contribution in [0.25, 0.3) is 10.9 Å². The van der Waals surface area contributed by atoms with Crippen molar-refractivity contribution in [2.24, 2.45) is 0 Å². The fraction of sp³-hybridized carbons (Fsp3) is 0.160. The Morgan fingerprint density at radius 3 is 2.50 bits per heavy atom. The van der Waals surface area contributed by atoms with Gasteiger partial charge in [-0.2, -0.15) is 0 Å². The lowest BCUT2D eigenvalue weighted by molar-refractivity contribution is 0.252. The zero-order valence-corrected chi connectivity index (χ0v) is 18.6. The first-order chi connectivity index (χ1) is 15.6. The van der Waals surface area contributed by atoms with E-state index < -0.39 is 0 Å². The number of hydrogen-bond acceptors (Lipinski definition) is 3. The maximum atomic E-state index is 12.6. The lowest BCUT2D eigenvalue weighted by atomic mass is 9.90. The van der Waals surface area contributed by atoms with Gasteiger partial charge in [-0.05, 0) is 53.6 Å². The van der Waals surface area contributed by atoms with Gasteiger partial charge in [0.1, 0.15) is 0 Å². The van der Waals surface area contributed by atoms with Crippen LogP contribution in [0.3, 0.4) is 0 Å². The summed E-state index contributed by atoms with van der Waals surface area (Å²) in [6, 6.07) is 20.6. The highest BCUT2D eigenvalue weighted by Crippen LogP contribution is 2.35. The number of hydrogen-bond donors (Lipinski definition) is 3. The Kier molecular flexibility index (Phi) is 6.52. The van der Waals surface area contributed by atoms with Gasteiger partial charge in [0.25, 0.3) is 0 Å². The number of H-pyrrole nitrogens is 1. The molecule has 0 bridgehead atoms. The first-order valence-corrected chi connectivity index (χ1v) is 10.5. The summed E-state index contributed by atoms with van der Waals surface area (Å²) in [4.78, 5) is 15.9. The predicted molar refractivity (Wildman–Crippen MR) is 128 cm³/mol. The third kappa shape index (κ3) is 4.65. The molecule has 0 fully saturated rings. The van der Waals surface area contributed by atoms with Crippen LogP contribution in [0.4, 0.5) is 10.5 Å². The molecule has 0 aliphatic rings. The smallest absolute Gasteiger partial charge is 0.319 e. The number of ether oxygens (including phenoxy) is 2. The summed E-state index contributed by atoms with van der Waals surface area (Å²) in [6.07, 6.45) is 1.99. The largest absolute Gasteiger partial charge is 0.493 e. The molecule has 164 valence electrons. The minimum Gasteiger partial charge on any atom is -0.493 e. The van der Waals surface area contributed by atoms with Crippen molar-refractivity contribution in [3.8, 4) is 11.5 Å². The Hall–Kier alpha value is -3.64. The number of aromatic nitrogens is 1. The van der Waals surface area contributed by atoms with E-state index in [1.165, 1.54) is 0 Å². The molecule has 0 aliphatic carbocycles. The van der Waals surface area contributed by atoms with Gasteiger partial charge < -0.3 is 25.1 Å². The summed E-state index contributed by atoms with van der Waals surface area (Å²) in [5.74, 6) is 1.18. The first-order valence-electron chi connectivity index (χ1n) is 10.2. The van der Waals surface area contributed by atoms with Crippen LogP contribution >= 0.6 is 11.6 Å². The predicted octanol–water partition coefficient (Wildman–Crippen LogP) is 5.79. The number of carbonyl (C=O) groups excluding carboxylic acids is 1. The molecule has 32 heavy (non-hydrogen) atoms. The molecule has 4 rings (SSSR count). The van der Waals surface area contributed by atoms with Crippen LogP contribution in [0, 0.1) is 0 Å². The average molecular weight is 450 g/mol. The van der Waals surface area contributed by atoms with E-state index in [1.807, 2.05) is 42.6 Å². The van der Waals surface area contributed by atoms with E-state index in [-0.39, 0.29) is 11.9 Å². The summed E-state index contributed by atoms with van der Waals surface area (Å²) < 4.78 is 10.9. The molecule has 3 N–H and O–H groups in total. The number of methoxy groups -OCH3 is 2. The minimum atomic E-state index is -0.294. The van der Waals surface area contributed by atoms with Crippen molar-refractivity contribution in [2.45, 2.75) is 5.92 Å². The van der Waals surface area contributed by atoms with Gasteiger partial charge in [0, 0.05) is 40.3 Å². The van der Waals surface area contributed by atoms with Crippen LogP contribution in [0.2, 0.25) is 5.02 Å². The van der Waals surface area contributed by atoms with Crippen molar-refractivity contribution in [3.05, 3.63) is 89.1 Å². The molecule has 6 nitrogen and oxygen atoms in total. The third-order valence-corrected chi connectivity index (χ3v) is 5.63. The van der Waals surface area contributed by atoms with Gasteiger partial charge in [0.2, 0.25) is 0 Å². The van der Waals surface area contributed by atoms with Gasteiger partial charge in [-0.15, -0.1) is 0 Å². The fourth-order valence-corrected chi connectivity index (χ4v) is 3.89. The van der Waals surface area contributed by atoms with Crippen LogP contribution in [-0.2, 0) is 0 Å². The maximum absolute atomic E-state index is 12.6. The van der Waals surface area contributed by atoms with Gasteiger partial charge >= 0.3 is 6.03 Å². The van der Waals surface area contributed by atoms with E-state index in [9.17, 15) is 4.79 Å². The molecule has 0 radical (unpaired) electrons. The van der Waals surface area contributed by atoms with E-state index in [0.29, 0.717) is 28.8 Å². The maximum Gasteiger partial charge on any atom is 0.319 e. The van der Waals surface area contributed by atoms with Gasteiger partial charge in [0.05, 0.1) is 14.2 Å². The summed E-state index contributed by atoms with van der Waals surface area (Å²) in [5, 5.41) is 7.55. The molecule has 0 spiro atoms. The molecule has 0 unspecified atom stereocenters. The first kappa shape index (κ1) is 21.6. The number of fused-ring (bicyclic) bond motifs is 1. The van der Waals surface area contributed by atoms with Crippen molar-refractivity contribution in [2.75, 3.05) is 26.1 Å². The van der Waals surface area contributed by atoms with Crippen LogP contribution in [-0.4, -0.2) is 31.8 Å². The van der Waals surface area contributed by atoms with Crippen molar-refractivity contribution < 1.29 is 14.3 Å². The Morgan fingerprint density at radius 1 is 1.00 bits per heavy atom. The number of anilines is 1. The second-order valence-corrected chi connectivity index (χ2v) is 7.73. The molecule has 1 aromatic heterocycles. The molecule has 0 saturated heterocycles. The van der Waals surface area contributed by atoms with Crippen LogP contribution in [0.1, 0.15) is 17.0 Å². The molecule has 1 heterocycles. The van der Waals surface area contributed by atoms with Crippen LogP contribution < -0.4 is 20.1 Å². The average Bonchev–Trinajstić information content (AvgIpc) is 3.24. The zero-order valence-electron chi connectivity index (χ0n) is 17.8. The molecule has 2 amide bonds. The minimum absolute atomic E-state index is 0.109. The highest BCUT2D eigenvalue weighted by Gasteiger charge is 2.21. The molecular formula is C25H24ClN3O3. The molecule has 7 heteroatoms. The normalized spacial score (nSPS) is 11.7. The highest BCUT2D eigenvalue weighted by molar-refractivity contribution is 6.30. The SMILES string of the molecule is COc1ccc([C@H](CNC(=O)Nc2ccc(Cl)cc2)c2c[nH]c3ccccc23)cc1OC. The van der Waals surface area contributed by atoms with E-state index >= 15 is 0 Å². The number of rotatable bonds is 7. The quantitative estimate of drug-likeness (QED) is 0.334. The number of para-hydroxylation sites is 1. The van der Waals surface area contributed by atoms with E-state index in [2.05, 4.69) is 21.7 Å². The number of aromatic amines is 1. The summed E-state index contributed by atoms with van der Waals surface area (Å²) >= 11 is 5.92. The number of urea groups is 1. The van der Waals surface area contributed by atoms with Gasteiger partial charge in [-0.3, -0.25) is 0 Å². The standard InChI is InChI=1S/C25H24ClN3O3/c1-31-23-12-7-16(13-24(23)32-2)20(21-15-27-22-6-4-3-5-19(21)22)14-28-25(30)29-18-10-8-17(26)9-11-18/h3-13,15,20,27H,14H2,1-2H3,(H2,28,29,30)/t20-/m0/s1. The van der Waals surface area contributed by atoms with E-state index in [1.54, 1.807) is 38.5 Å². The molecule has 4 aromatic rings. The van der Waals surface area contributed by atoms with Crippen molar-refractivity contribution >= 4 is 34.2 Å². The summed E-state index contributed by atoms with van der Waals surface area (Å²) in [7, 11) is 3.22. The summed E-state index contributed by atoms with van der Waals surface area (Å²) in [5.41, 5.74) is 3.79. The van der Waals surface area contributed by atoms with Crippen LogP contribution in [0.5, 0.6) is 11.5 Å². The highest BCUT2D eigenvalue weighted by atomic mass is 35.5. The monoisotopic (exact) mass is 449 g/mol. The fourth-order valence-electron chi connectivity index (χ4n) is 3.76. The lowest BCUT2D eigenvalue weighted by Gasteiger charge is -2.20. The topological polar surface area (TPSA) is 75.4 Å². The van der Waals surface area contributed by atoms with Gasteiger partial charge in [-0.1, -0.05) is 35.9 Å². The molecule has 3 aromatic carbocycles. The number of nitrogens with one attached hydrogen (secondary N) is 3. The van der Waals surface area contributed by atoms with E-state index in [0.717, 1.165) is 22.0 Å². The molecular weight excluding hydrogens is 426 g/mol. The molecule has 0 aliphatic heterocycles. The zero-order chi connectivity index (χ0) is 22.5. The second kappa shape index (κ2) is 9.66. The summed E-state index contributed by atoms with van der Waals surface area (Å²) in [6.45, 7) is 0.386. The number of amides is 2. The number of carbonyl (C=O) groups is 1. The van der Waals surface area contributed by atoms with E-state index in [4.69, 9.17) is 21.1 Å². The van der Waals surface area contributed by atoms with Crippen molar-refractivity contribution in [1.29, 1.82) is 0 Å². The second-order valence-electron chi connectivity index (χ2n) is 7.30. The Balaban J connectivity index is 1.62. The van der Waals surface area contributed by atoms with Crippen molar-refractivity contribution in [1.82, 2.24) is 10.3 Å². The lowest BCUT2D eigenvalue weighted by Crippen LogP contribution is -2.32. The Bertz CT molecular complexity index is 1220. The third-order valence-electron chi connectivity index (χ3n) is 5.38. The van der Waals surface area contributed by atoms with Crippen LogP contribution in [0.15, 0.2) is 72.9 Å². The molecule has 1 atom stereocenters. The van der Waals surface area contributed by atoms with Gasteiger partial charge in [-0.25, -0.2) is 4.79 Å². The van der Waals surface area contributed by atoms with Gasteiger partial charge in [0.15, 0.2) is 11.5 Å². The Labute approximate surface area is 191 Å². The number of benzene rings is 3. The van der Waals surface area contributed by atoms with Crippen molar-refractivity contribution in [3.63, 3.8) is 0 Å². The Morgan fingerprint density at radius 2 is 1.75 bits per heavy atom. The number of halogens is 1.